The Morgan fingerprint density at radius 3 is 1.04 bits per heavy atom. The number of hydrogen-bond donors (Lipinski definition) is 4. The molecular formula is C48H95NO4. The smallest absolute Gasteiger partial charge is 0.249 e. The van der Waals surface area contributed by atoms with Crippen molar-refractivity contribution >= 4 is 5.91 Å². The molecule has 0 aromatic carbocycles. The summed E-state index contributed by atoms with van der Waals surface area (Å²) in [6.07, 6.45) is 52.2. The topological polar surface area (TPSA) is 89.8 Å². The fraction of sp³-hybridized carbons (Fsp3) is 0.938. The third kappa shape index (κ3) is 39.1. The fourth-order valence-corrected chi connectivity index (χ4v) is 7.60. The Morgan fingerprint density at radius 2 is 0.717 bits per heavy atom. The Bertz CT molecular complexity index is 743. The highest BCUT2D eigenvalue weighted by Gasteiger charge is 2.23. The van der Waals surface area contributed by atoms with Crippen molar-refractivity contribution in [1.82, 2.24) is 5.32 Å². The first-order chi connectivity index (χ1) is 26.1. The number of rotatable bonds is 44. The SMILES string of the molecule is CCCCCCCCCCCC/C=C\CCCCCCCCC(O)C(=O)NC(CO)C(O)CCCCCCCCCCCCCCCCCCCCC. The summed E-state index contributed by atoms with van der Waals surface area (Å²) in [5.74, 6) is -0.471. The summed E-state index contributed by atoms with van der Waals surface area (Å²) in [5.41, 5.74) is 0. The van der Waals surface area contributed by atoms with Gasteiger partial charge in [-0.3, -0.25) is 4.79 Å². The van der Waals surface area contributed by atoms with E-state index >= 15 is 0 Å². The maximum Gasteiger partial charge on any atom is 0.249 e. The second kappa shape index (κ2) is 43.8. The number of unbranched alkanes of at least 4 members (excludes halogenated alkanes) is 34. The van der Waals surface area contributed by atoms with E-state index in [9.17, 15) is 20.1 Å². The van der Waals surface area contributed by atoms with Crippen molar-refractivity contribution in [2.75, 3.05) is 6.61 Å². The predicted molar refractivity (Wildman–Crippen MR) is 232 cm³/mol. The van der Waals surface area contributed by atoms with Gasteiger partial charge in [0.05, 0.1) is 18.8 Å². The molecule has 0 aromatic rings. The number of nitrogens with one attached hydrogen (secondary N) is 1. The van der Waals surface area contributed by atoms with Gasteiger partial charge in [-0.1, -0.05) is 238 Å². The van der Waals surface area contributed by atoms with Crippen molar-refractivity contribution < 1.29 is 20.1 Å². The quantitative estimate of drug-likeness (QED) is 0.0369. The lowest BCUT2D eigenvalue weighted by Gasteiger charge is -2.23. The Labute approximate surface area is 331 Å². The first-order valence-corrected chi connectivity index (χ1v) is 24.0. The van der Waals surface area contributed by atoms with Gasteiger partial charge in [-0.05, 0) is 38.5 Å². The molecule has 5 heteroatoms. The molecule has 0 heterocycles. The third-order valence-electron chi connectivity index (χ3n) is 11.4. The number of carbonyl (C=O) groups excluding carboxylic acids is 1. The Kier molecular flexibility index (Phi) is 43.1. The molecule has 53 heavy (non-hydrogen) atoms. The minimum atomic E-state index is -1.08. The van der Waals surface area contributed by atoms with Gasteiger partial charge in [0.1, 0.15) is 6.10 Å². The number of aliphatic hydroxyl groups is 3. The van der Waals surface area contributed by atoms with E-state index in [4.69, 9.17) is 0 Å². The first kappa shape index (κ1) is 52.1. The molecule has 0 spiro atoms. The zero-order chi connectivity index (χ0) is 38.7. The summed E-state index contributed by atoms with van der Waals surface area (Å²) in [7, 11) is 0. The molecular weight excluding hydrogens is 655 g/mol. The molecule has 0 saturated carbocycles. The standard InChI is InChI=1S/C48H95NO4/c1-3-5-7-9-11-13-15-17-19-21-23-25-27-29-31-33-35-37-39-41-43-47(52)48(53)49-45(44-50)46(51)42-40-38-36-34-32-30-28-26-24-22-20-18-16-14-12-10-8-6-4-2/h25,27,45-47,50-52H,3-24,26,28-44H2,1-2H3,(H,49,53)/b27-25-. The van der Waals surface area contributed by atoms with Crippen LogP contribution in [0.3, 0.4) is 0 Å². The summed E-state index contributed by atoms with van der Waals surface area (Å²) in [4.78, 5) is 12.5. The predicted octanol–water partition coefficient (Wildman–Crippen LogP) is 14.0. The van der Waals surface area contributed by atoms with E-state index < -0.39 is 24.2 Å². The molecule has 1 amide bonds. The van der Waals surface area contributed by atoms with Crippen LogP contribution in [-0.4, -0.2) is 46.1 Å². The van der Waals surface area contributed by atoms with Gasteiger partial charge >= 0.3 is 0 Å². The normalized spacial score (nSPS) is 13.5. The zero-order valence-corrected chi connectivity index (χ0v) is 35.9. The van der Waals surface area contributed by atoms with Crippen molar-refractivity contribution in [2.24, 2.45) is 0 Å². The molecule has 0 aromatic heterocycles. The number of carbonyl (C=O) groups is 1. The van der Waals surface area contributed by atoms with Crippen LogP contribution in [0.4, 0.5) is 0 Å². The third-order valence-corrected chi connectivity index (χ3v) is 11.4. The van der Waals surface area contributed by atoms with E-state index in [0.29, 0.717) is 12.8 Å². The van der Waals surface area contributed by atoms with Crippen LogP contribution in [0, 0.1) is 0 Å². The van der Waals surface area contributed by atoms with Gasteiger partial charge < -0.3 is 20.6 Å². The van der Waals surface area contributed by atoms with E-state index in [-0.39, 0.29) is 6.61 Å². The van der Waals surface area contributed by atoms with Crippen LogP contribution in [-0.2, 0) is 4.79 Å². The monoisotopic (exact) mass is 750 g/mol. The highest BCUT2D eigenvalue weighted by Crippen LogP contribution is 2.17. The molecule has 0 aliphatic heterocycles. The molecule has 3 unspecified atom stereocenters. The van der Waals surface area contributed by atoms with Crippen LogP contribution in [0.5, 0.6) is 0 Å². The van der Waals surface area contributed by atoms with Crippen LogP contribution in [0.25, 0.3) is 0 Å². The summed E-state index contributed by atoms with van der Waals surface area (Å²) in [6.45, 7) is 4.25. The van der Waals surface area contributed by atoms with Gasteiger partial charge in [-0.25, -0.2) is 0 Å². The van der Waals surface area contributed by atoms with Crippen LogP contribution >= 0.6 is 0 Å². The van der Waals surface area contributed by atoms with Gasteiger partial charge in [0.2, 0.25) is 5.91 Å². The van der Waals surface area contributed by atoms with Crippen molar-refractivity contribution in [3.63, 3.8) is 0 Å². The Hall–Kier alpha value is -0.910. The molecule has 0 fully saturated rings. The van der Waals surface area contributed by atoms with Crippen molar-refractivity contribution in [3.05, 3.63) is 12.2 Å². The lowest BCUT2D eigenvalue weighted by Crippen LogP contribution is -2.49. The molecule has 3 atom stereocenters. The van der Waals surface area contributed by atoms with E-state index in [1.54, 1.807) is 0 Å². The molecule has 5 nitrogen and oxygen atoms in total. The highest BCUT2D eigenvalue weighted by molar-refractivity contribution is 5.80. The summed E-state index contributed by atoms with van der Waals surface area (Å²) >= 11 is 0. The van der Waals surface area contributed by atoms with E-state index in [0.717, 1.165) is 32.1 Å². The molecule has 0 rings (SSSR count). The maximum atomic E-state index is 12.5. The molecule has 0 bridgehead atoms. The van der Waals surface area contributed by atoms with Crippen LogP contribution in [0.1, 0.15) is 264 Å². The van der Waals surface area contributed by atoms with Crippen LogP contribution < -0.4 is 5.32 Å². The van der Waals surface area contributed by atoms with E-state index in [1.807, 2.05) is 0 Å². The second-order valence-corrected chi connectivity index (χ2v) is 16.7. The van der Waals surface area contributed by atoms with Crippen LogP contribution in [0.2, 0.25) is 0 Å². The second-order valence-electron chi connectivity index (χ2n) is 16.7. The van der Waals surface area contributed by atoms with Gasteiger partial charge in [-0.15, -0.1) is 0 Å². The Balaban J connectivity index is 3.59. The highest BCUT2D eigenvalue weighted by atomic mass is 16.3. The molecule has 0 aliphatic rings. The Morgan fingerprint density at radius 1 is 0.434 bits per heavy atom. The molecule has 0 saturated heterocycles. The molecule has 316 valence electrons. The number of amides is 1. The summed E-state index contributed by atoms with van der Waals surface area (Å²) in [6, 6.07) is -0.711. The zero-order valence-electron chi connectivity index (χ0n) is 35.9. The van der Waals surface area contributed by atoms with Crippen LogP contribution in [0.15, 0.2) is 12.2 Å². The first-order valence-electron chi connectivity index (χ1n) is 24.0. The largest absolute Gasteiger partial charge is 0.394 e. The molecule has 0 radical (unpaired) electrons. The lowest BCUT2D eigenvalue weighted by atomic mass is 10.0. The van der Waals surface area contributed by atoms with Crippen molar-refractivity contribution in [1.29, 1.82) is 0 Å². The van der Waals surface area contributed by atoms with E-state index in [2.05, 4.69) is 31.3 Å². The van der Waals surface area contributed by atoms with Gasteiger partial charge in [0.25, 0.3) is 0 Å². The number of hydrogen-bond acceptors (Lipinski definition) is 4. The lowest BCUT2D eigenvalue weighted by molar-refractivity contribution is -0.131. The van der Waals surface area contributed by atoms with Gasteiger partial charge in [-0.2, -0.15) is 0 Å². The van der Waals surface area contributed by atoms with Gasteiger partial charge in [0.15, 0.2) is 0 Å². The average Bonchev–Trinajstić information content (AvgIpc) is 3.16. The maximum absolute atomic E-state index is 12.5. The van der Waals surface area contributed by atoms with Crippen molar-refractivity contribution in [2.45, 2.75) is 283 Å². The number of aliphatic hydroxyl groups excluding tert-OH is 3. The summed E-state index contributed by atoms with van der Waals surface area (Å²) < 4.78 is 0. The minimum absolute atomic E-state index is 0.312. The summed E-state index contributed by atoms with van der Waals surface area (Å²) in [5, 5.41) is 33.4. The fourth-order valence-electron chi connectivity index (χ4n) is 7.60. The number of allylic oxidation sites excluding steroid dienone is 2. The van der Waals surface area contributed by atoms with Crippen molar-refractivity contribution in [3.8, 4) is 0 Å². The molecule has 0 aliphatic carbocycles. The molecule has 4 N–H and O–H groups in total. The minimum Gasteiger partial charge on any atom is -0.394 e. The van der Waals surface area contributed by atoms with Gasteiger partial charge in [0, 0.05) is 0 Å². The van der Waals surface area contributed by atoms with E-state index in [1.165, 1.54) is 205 Å². The average molecular weight is 750 g/mol.